The molecule has 0 saturated carbocycles. The summed E-state index contributed by atoms with van der Waals surface area (Å²) in [5, 5.41) is 15.8. The van der Waals surface area contributed by atoms with E-state index in [1.54, 1.807) is 0 Å². The minimum Gasteiger partial charge on any atom is -0.366 e. The Morgan fingerprint density at radius 1 is 0.421 bits per heavy atom. The lowest BCUT2D eigenvalue weighted by molar-refractivity contribution is 0.444. The molecule has 1 heterocycles. The monoisotopic (exact) mass is 730 g/mol. The van der Waals surface area contributed by atoms with Gasteiger partial charge in [-0.1, -0.05) is 196 Å². The second kappa shape index (κ2) is 13.2. The summed E-state index contributed by atoms with van der Waals surface area (Å²) < 4.78 is 0. The van der Waals surface area contributed by atoms with Crippen LogP contribution >= 0.6 is 0 Å². The van der Waals surface area contributed by atoms with Crippen LogP contribution in [0.2, 0.25) is 0 Å². The highest BCUT2D eigenvalue weighted by Gasteiger charge is 2.38. The lowest BCUT2D eigenvalue weighted by Crippen LogP contribution is -2.40. The Morgan fingerprint density at radius 2 is 1.05 bits per heavy atom. The summed E-state index contributed by atoms with van der Waals surface area (Å²) in [6, 6.07) is 69.1. The van der Waals surface area contributed by atoms with Gasteiger partial charge in [0, 0.05) is 16.7 Å². The van der Waals surface area contributed by atoms with Crippen LogP contribution in [0.4, 0.5) is 0 Å². The number of benzene rings is 9. The van der Waals surface area contributed by atoms with Crippen molar-refractivity contribution in [1.82, 2.24) is 10.6 Å². The zero-order valence-corrected chi connectivity index (χ0v) is 32.1. The molecule has 0 bridgehead atoms. The largest absolute Gasteiger partial charge is 0.366 e. The third-order valence-electron chi connectivity index (χ3n) is 12.6. The molecule has 2 heteroatoms. The summed E-state index contributed by atoms with van der Waals surface area (Å²) in [4.78, 5) is 0. The maximum atomic E-state index is 4.15. The van der Waals surface area contributed by atoms with E-state index in [0.29, 0.717) is 0 Å². The lowest BCUT2D eigenvalue weighted by Gasteiger charge is -2.35. The van der Waals surface area contributed by atoms with Crippen LogP contribution in [0.5, 0.6) is 0 Å². The van der Waals surface area contributed by atoms with Gasteiger partial charge in [-0.25, -0.2) is 0 Å². The van der Waals surface area contributed by atoms with E-state index in [4.69, 9.17) is 0 Å². The summed E-state index contributed by atoms with van der Waals surface area (Å²) in [5.74, 6) is 0. The van der Waals surface area contributed by atoms with Crippen LogP contribution in [-0.2, 0) is 5.41 Å². The summed E-state index contributed by atoms with van der Waals surface area (Å²) in [6.07, 6.45) is 2.22. The highest BCUT2D eigenvalue weighted by molar-refractivity contribution is 6.20. The van der Waals surface area contributed by atoms with Crippen molar-refractivity contribution in [1.29, 1.82) is 0 Å². The van der Waals surface area contributed by atoms with Crippen LogP contribution in [0.3, 0.4) is 0 Å². The van der Waals surface area contributed by atoms with Gasteiger partial charge in [0.1, 0.15) is 6.17 Å². The summed E-state index contributed by atoms with van der Waals surface area (Å²) in [5.41, 5.74) is 15.1. The first kappa shape index (κ1) is 33.6. The van der Waals surface area contributed by atoms with Gasteiger partial charge in [-0.3, -0.25) is 5.32 Å². The minimum absolute atomic E-state index is 0.0792. The molecule has 2 unspecified atom stereocenters. The number of fused-ring (bicyclic) bond motifs is 7. The lowest BCUT2D eigenvalue weighted by atomic mass is 9.82. The summed E-state index contributed by atoms with van der Waals surface area (Å²) in [6.45, 7) is 4.72. The van der Waals surface area contributed by atoms with E-state index in [-0.39, 0.29) is 17.6 Å². The standard InChI is InChI=1S/C55H42N2/c1-55(2)48-29-15-14-27-45(48)53-46(28-16-30-49(53)55)51-34-50(41-24-11-10-21-38(41)35-17-4-3-5-18-35)56-54(57-51)44-26-13-12-25-42(44)52-40-23-9-7-20-37(40)33-47-39-22-8-6-19-36(39)31-32-43(47)52/h3-34,50,54,56-57H,1-2H3. The van der Waals surface area contributed by atoms with Crippen LogP contribution in [0.15, 0.2) is 194 Å². The molecule has 2 nitrogen and oxygen atoms in total. The van der Waals surface area contributed by atoms with Gasteiger partial charge >= 0.3 is 0 Å². The van der Waals surface area contributed by atoms with E-state index in [1.165, 1.54) is 93.5 Å². The quantitative estimate of drug-likeness (QED) is 0.136. The fraction of sp³-hybridized carbons (Fsp3) is 0.0909. The van der Waals surface area contributed by atoms with E-state index in [0.717, 1.165) is 5.70 Å². The molecule has 0 radical (unpaired) electrons. The van der Waals surface area contributed by atoms with Crippen LogP contribution < -0.4 is 10.6 Å². The van der Waals surface area contributed by atoms with Crippen molar-refractivity contribution in [2.45, 2.75) is 31.5 Å². The second-order valence-electron chi connectivity index (χ2n) is 16.1. The highest BCUT2D eigenvalue weighted by atomic mass is 15.2. The average Bonchev–Trinajstić information content (AvgIpc) is 3.51. The summed E-state index contributed by atoms with van der Waals surface area (Å²) in [7, 11) is 0. The molecule has 0 spiro atoms. The molecule has 1 aliphatic carbocycles. The van der Waals surface area contributed by atoms with Gasteiger partial charge in [0.05, 0.1) is 6.04 Å². The van der Waals surface area contributed by atoms with E-state index in [1.807, 2.05) is 0 Å². The smallest absolute Gasteiger partial charge is 0.105 e. The maximum Gasteiger partial charge on any atom is 0.105 e. The van der Waals surface area contributed by atoms with E-state index >= 15 is 0 Å². The Hall–Kier alpha value is -6.74. The Morgan fingerprint density at radius 3 is 1.89 bits per heavy atom. The van der Waals surface area contributed by atoms with Gasteiger partial charge in [-0.05, 0) is 100 Å². The topological polar surface area (TPSA) is 24.1 Å². The van der Waals surface area contributed by atoms with Crippen molar-refractivity contribution >= 4 is 38.0 Å². The van der Waals surface area contributed by atoms with E-state index in [9.17, 15) is 0 Å². The molecular weight excluding hydrogens is 689 g/mol. The Bertz CT molecular complexity index is 3060. The molecule has 9 aromatic carbocycles. The number of nitrogens with one attached hydrogen (secondary N) is 2. The van der Waals surface area contributed by atoms with Crippen LogP contribution in [0, 0.1) is 0 Å². The molecular formula is C55H42N2. The Balaban J connectivity index is 1.14. The zero-order valence-electron chi connectivity index (χ0n) is 32.1. The Kier molecular flexibility index (Phi) is 7.77. The number of hydrogen-bond donors (Lipinski definition) is 2. The van der Waals surface area contributed by atoms with E-state index < -0.39 is 0 Å². The van der Waals surface area contributed by atoms with Crippen molar-refractivity contribution in [2.75, 3.05) is 0 Å². The van der Waals surface area contributed by atoms with Crippen molar-refractivity contribution in [3.63, 3.8) is 0 Å². The average molecular weight is 731 g/mol. The maximum absolute atomic E-state index is 4.15. The van der Waals surface area contributed by atoms with Crippen LogP contribution in [0.25, 0.3) is 71.4 Å². The first-order valence-electron chi connectivity index (χ1n) is 20.1. The van der Waals surface area contributed by atoms with Gasteiger partial charge in [0.25, 0.3) is 0 Å². The van der Waals surface area contributed by atoms with Crippen LogP contribution in [0.1, 0.15) is 53.9 Å². The first-order chi connectivity index (χ1) is 28.0. The predicted molar refractivity (Wildman–Crippen MR) is 240 cm³/mol. The SMILES string of the molecule is CC1(C)c2ccccc2-c2c(C3=CC(c4ccccc4-c4ccccc4)NC(c4ccccc4-c4c5ccccc5cc5c4ccc4ccccc45)N3)cccc21. The van der Waals surface area contributed by atoms with Gasteiger partial charge in [-0.2, -0.15) is 0 Å². The normalized spacial score (nSPS) is 16.9. The third kappa shape index (κ3) is 5.36. The van der Waals surface area contributed by atoms with Gasteiger partial charge in [0.15, 0.2) is 0 Å². The van der Waals surface area contributed by atoms with Crippen molar-refractivity contribution in [3.05, 3.63) is 222 Å². The van der Waals surface area contributed by atoms with Gasteiger partial charge in [0.2, 0.25) is 0 Å². The molecule has 57 heavy (non-hydrogen) atoms. The molecule has 2 aliphatic rings. The molecule has 0 amide bonds. The molecule has 9 aromatic rings. The third-order valence-corrected chi connectivity index (χ3v) is 12.6. The molecule has 11 rings (SSSR count). The fourth-order valence-electron chi connectivity index (χ4n) is 9.87. The molecule has 2 N–H and O–H groups in total. The predicted octanol–water partition coefficient (Wildman–Crippen LogP) is 13.8. The number of rotatable bonds is 5. The molecule has 1 aliphatic heterocycles. The first-order valence-corrected chi connectivity index (χ1v) is 20.1. The van der Waals surface area contributed by atoms with Crippen molar-refractivity contribution in [3.8, 4) is 33.4 Å². The molecule has 272 valence electrons. The minimum atomic E-state index is -0.204. The highest BCUT2D eigenvalue weighted by Crippen LogP contribution is 2.52. The Labute approximate surface area is 334 Å². The summed E-state index contributed by atoms with van der Waals surface area (Å²) >= 11 is 0. The zero-order chi connectivity index (χ0) is 38.1. The van der Waals surface area contributed by atoms with Gasteiger partial charge < -0.3 is 5.32 Å². The van der Waals surface area contributed by atoms with Crippen molar-refractivity contribution < 1.29 is 0 Å². The second-order valence-corrected chi connectivity index (χ2v) is 16.1. The molecule has 0 aromatic heterocycles. The van der Waals surface area contributed by atoms with Gasteiger partial charge in [-0.15, -0.1) is 0 Å². The molecule has 0 fully saturated rings. The molecule has 0 saturated heterocycles. The van der Waals surface area contributed by atoms with E-state index in [2.05, 4.69) is 219 Å². The molecule has 2 atom stereocenters. The van der Waals surface area contributed by atoms with Crippen molar-refractivity contribution in [2.24, 2.45) is 0 Å². The van der Waals surface area contributed by atoms with Crippen LogP contribution in [-0.4, -0.2) is 0 Å². The fourth-order valence-corrected chi connectivity index (χ4v) is 9.87. The number of hydrogen-bond acceptors (Lipinski definition) is 2.